The molecule has 0 aromatic heterocycles. The highest BCUT2D eigenvalue weighted by atomic mass is 16.5. The number of fused-ring (bicyclic) bond motifs is 1. The predicted octanol–water partition coefficient (Wildman–Crippen LogP) is 3.67. The average molecular weight is 393 g/mol. The van der Waals surface area contributed by atoms with Crippen LogP contribution >= 0.6 is 0 Å². The highest BCUT2D eigenvalue weighted by Gasteiger charge is 2.16. The third-order valence-electron chi connectivity index (χ3n) is 4.61. The van der Waals surface area contributed by atoms with E-state index in [1.807, 2.05) is 36.4 Å². The van der Waals surface area contributed by atoms with E-state index < -0.39 is 5.97 Å². The van der Waals surface area contributed by atoms with Gasteiger partial charge in [0.1, 0.15) is 17.1 Å². The molecule has 0 atom stereocenters. The lowest BCUT2D eigenvalue weighted by molar-refractivity contribution is -0.133. The first-order valence-corrected chi connectivity index (χ1v) is 9.12. The van der Waals surface area contributed by atoms with Crippen molar-refractivity contribution < 1.29 is 23.8 Å². The van der Waals surface area contributed by atoms with Crippen molar-refractivity contribution >= 4 is 22.6 Å². The molecule has 0 spiro atoms. The van der Waals surface area contributed by atoms with Crippen molar-refractivity contribution in [2.24, 2.45) is 0 Å². The topological polar surface area (TPSA) is 65.1 Å². The van der Waals surface area contributed by atoms with Crippen LogP contribution in [0.5, 0.6) is 11.5 Å². The van der Waals surface area contributed by atoms with Gasteiger partial charge in [-0.2, -0.15) is 0 Å². The van der Waals surface area contributed by atoms with Gasteiger partial charge in [-0.3, -0.25) is 4.79 Å². The Morgan fingerprint density at radius 2 is 1.62 bits per heavy atom. The number of hydrogen-bond acceptors (Lipinski definition) is 5. The van der Waals surface area contributed by atoms with Gasteiger partial charge >= 0.3 is 5.97 Å². The summed E-state index contributed by atoms with van der Waals surface area (Å²) in [6.45, 7) is 0.0746. The average Bonchev–Trinajstić information content (AvgIpc) is 2.76. The first-order chi connectivity index (χ1) is 14.0. The summed E-state index contributed by atoms with van der Waals surface area (Å²) in [6.07, 6.45) is 0. The molecule has 150 valence electrons. The minimum absolute atomic E-state index is 0.287. The molecule has 3 rings (SSSR count). The number of rotatable bonds is 7. The van der Waals surface area contributed by atoms with E-state index in [1.54, 1.807) is 38.4 Å². The number of esters is 1. The van der Waals surface area contributed by atoms with Crippen LogP contribution in [0.25, 0.3) is 10.8 Å². The Morgan fingerprint density at radius 3 is 2.38 bits per heavy atom. The SMILES string of the molecule is COc1ccc2cc(CN(C)C(=O)COC(=O)c3ccccc3OC)ccc2c1. The molecule has 0 bridgehead atoms. The van der Waals surface area contributed by atoms with Crippen LogP contribution in [-0.2, 0) is 16.1 Å². The van der Waals surface area contributed by atoms with Crippen molar-refractivity contribution in [3.8, 4) is 11.5 Å². The maximum absolute atomic E-state index is 12.4. The second-order valence-corrected chi connectivity index (χ2v) is 6.57. The lowest BCUT2D eigenvalue weighted by atomic mass is 10.1. The lowest BCUT2D eigenvalue weighted by Crippen LogP contribution is -2.30. The molecular weight excluding hydrogens is 370 g/mol. The summed E-state index contributed by atoms with van der Waals surface area (Å²) in [5.41, 5.74) is 1.27. The van der Waals surface area contributed by atoms with E-state index in [-0.39, 0.29) is 18.1 Å². The van der Waals surface area contributed by atoms with Gasteiger partial charge in [-0.15, -0.1) is 0 Å². The maximum Gasteiger partial charge on any atom is 0.342 e. The quantitative estimate of drug-likeness (QED) is 0.573. The van der Waals surface area contributed by atoms with E-state index in [2.05, 4.69) is 0 Å². The van der Waals surface area contributed by atoms with Gasteiger partial charge in [0.25, 0.3) is 5.91 Å². The van der Waals surface area contributed by atoms with Crippen molar-refractivity contribution in [2.45, 2.75) is 6.54 Å². The summed E-state index contributed by atoms with van der Waals surface area (Å²) < 4.78 is 15.5. The monoisotopic (exact) mass is 393 g/mol. The van der Waals surface area contributed by atoms with Crippen LogP contribution in [0.4, 0.5) is 0 Å². The van der Waals surface area contributed by atoms with Crippen LogP contribution in [-0.4, -0.2) is 44.7 Å². The molecule has 6 nitrogen and oxygen atoms in total. The van der Waals surface area contributed by atoms with Crippen LogP contribution in [0.3, 0.4) is 0 Å². The number of para-hydroxylation sites is 1. The maximum atomic E-state index is 12.4. The Kier molecular flexibility index (Phi) is 6.34. The highest BCUT2D eigenvalue weighted by Crippen LogP contribution is 2.22. The molecule has 0 saturated heterocycles. The molecular formula is C23H23NO5. The number of carbonyl (C=O) groups excluding carboxylic acids is 2. The molecule has 0 unspecified atom stereocenters. The number of hydrogen-bond donors (Lipinski definition) is 0. The Labute approximate surface area is 169 Å². The predicted molar refractivity (Wildman–Crippen MR) is 110 cm³/mol. The Morgan fingerprint density at radius 1 is 0.897 bits per heavy atom. The molecule has 29 heavy (non-hydrogen) atoms. The summed E-state index contributed by atoms with van der Waals surface area (Å²) >= 11 is 0. The van der Waals surface area contributed by atoms with Crippen molar-refractivity contribution in [1.29, 1.82) is 0 Å². The van der Waals surface area contributed by atoms with Gasteiger partial charge in [-0.1, -0.05) is 30.3 Å². The Hall–Kier alpha value is -3.54. The van der Waals surface area contributed by atoms with E-state index >= 15 is 0 Å². The van der Waals surface area contributed by atoms with Crippen molar-refractivity contribution in [1.82, 2.24) is 4.90 Å². The highest BCUT2D eigenvalue weighted by molar-refractivity contribution is 5.94. The fourth-order valence-corrected chi connectivity index (χ4v) is 2.99. The van der Waals surface area contributed by atoms with Crippen LogP contribution in [0.2, 0.25) is 0 Å². The number of carbonyl (C=O) groups is 2. The lowest BCUT2D eigenvalue weighted by Gasteiger charge is -2.18. The zero-order valence-corrected chi connectivity index (χ0v) is 16.7. The summed E-state index contributed by atoms with van der Waals surface area (Å²) in [5.74, 6) is 0.326. The summed E-state index contributed by atoms with van der Waals surface area (Å²) in [7, 11) is 4.79. The third-order valence-corrected chi connectivity index (χ3v) is 4.61. The third kappa shape index (κ3) is 4.85. The second-order valence-electron chi connectivity index (χ2n) is 6.57. The minimum Gasteiger partial charge on any atom is -0.497 e. The van der Waals surface area contributed by atoms with E-state index in [9.17, 15) is 9.59 Å². The van der Waals surface area contributed by atoms with Crippen molar-refractivity contribution in [3.63, 3.8) is 0 Å². The number of benzene rings is 3. The molecule has 0 saturated carbocycles. The largest absolute Gasteiger partial charge is 0.497 e. The van der Waals surface area contributed by atoms with Crippen molar-refractivity contribution in [2.75, 3.05) is 27.9 Å². The number of likely N-dealkylation sites (N-methyl/N-ethyl adjacent to an activating group) is 1. The smallest absolute Gasteiger partial charge is 0.342 e. The van der Waals surface area contributed by atoms with Crippen LogP contribution in [0.15, 0.2) is 60.7 Å². The fraction of sp³-hybridized carbons (Fsp3) is 0.217. The first-order valence-electron chi connectivity index (χ1n) is 9.12. The molecule has 6 heteroatoms. The normalized spacial score (nSPS) is 10.4. The molecule has 0 aliphatic rings. The van der Waals surface area contributed by atoms with Gasteiger partial charge in [-0.05, 0) is 46.7 Å². The van der Waals surface area contributed by atoms with Gasteiger partial charge < -0.3 is 19.1 Å². The van der Waals surface area contributed by atoms with Gasteiger partial charge in [0, 0.05) is 13.6 Å². The number of amides is 1. The van der Waals surface area contributed by atoms with Gasteiger partial charge in [0.2, 0.25) is 0 Å². The van der Waals surface area contributed by atoms with Crippen LogP contribution in [0.1, 0.15) is 15.9 Å². The zero-order chi connectivity index (χ0) is 20.8. The standard InChI is InChI=1S/C23H23NO5/c1-24(14-16-8-9-18-13-19(27-2)11-10-17(18)12-16)22(25)15-29-23(26)20-6-4-5-7-21(20)28-3/h4-13H,14-15H2,1-3H3. The van der Waals surface area contributed by atoms with Crippen LogP contribution < -0.4 is 9.47 Å². The molecule has 0 heterocycles. The molecule has 0 aliphatic heterocycles. The van der Waals surface area contributed by atoms with Crippen molar-refractivity contribution in [3.05, 3.63) is 71.8 Å². The molecule has 0 N–H and O–H groups in total. The Balaban J connectivity index is 1.60. The minimum atomic E-state index is -0.594. The van der Waals surface area contributed by atoms with E-state index in [0.717, 1.165) is 22.1 Å². The Bertz CT molecular complexity index is 1030. The molecule has 0 radical (unpaired) electrons. The zero-order valence-electron chi connectivity index (χ0n) is 16.7. The van der Waals surface area contributed by atoms with E-state index in [4.69, 9.17) is 14.2 Å². The van der Waals surface area contributed by atoms with Crippen LogP contribution in [0, 0.1) is 0 Å². The number of ether oxygens (including phenoxy) is 3. The van der Waals surface area contributed by atoms with E-state index in [1.165, 1.54) is 12.0 Å². The molecule has 1 amide bonds. The number of methoxy groups -OCH3 is 2. The molecule has 3 aromatic carbocycles. The second kappa shape index (κ2) is 9.10. The molecule has 3 aromatic rings. The number of nitrogens with zero attached hydrogens (tertiary/aromatic N) is 1. The van der Waals surface area contributed by atoms with Gasteiger partial charge in [-0.25, -0.2) is 4.79 Å². The molecule has 0 fully saturated rings. The molecule has 0 aliphatic carbocycles. The first kappa shape index (κ1) is 20.2. The summed E-state index contributed by atoms with van der Waals surface area (Å²) in [4.78, 5) is 26.1. The summed E-state index contributed by atoms with van der Waals surface area (Å²) in [6, 6.07) is 18.6. The fourth-order valence-electron chi connectivity index (χ4n) is 2.99. The van der Waals surface area contributed by atoms with E-state index in [0.29, 0.717) is 12.3 Å². The summed E-state index contributed by atoms with van der Waals surface area (Å²) in [5, 5.41) is 2.12. The van der Waals surface area contributed by atoms with Gasteiger partial charge in [0.15, 0.2) is 6.61 Å². The van der Waals surface area contributed by atoms with Gasteiger partial charge in [0.05, 0.1) is 14.2 Å².